The fourth-order valence-corrected chi connectivity index (χ4v) is 0.363. The fourth-order valence-electron chi connectivity index (χ4n) is 0.363. The number of hydrogen-bond acceptors (Lipinski definition) is 3. The van der Waals surface area contributed by atoms with Crippen molar-refractivity contribution in [3.63, 3.8) is 0 Å². The van der Waals surface area contributed by atoms with Crippen LogP contribution in [0, 0.1) is 0 Å². The molecule has 0 aliphatic rings. The highest BCUT2D eigenvalue weighted by Gasteiger charge is 1.93. The molecule has 0 aliphatic carbocycles. The Morgan fingerprint density at radius 3 is 1.69 bits per heavy atom. The Morgan fingerprint density at radius 2 is 1.46 bits per heavy atom. The summed E-state index contributed by atoms with van der Waals surface area (Å²) in [4.78, 5) is 21.0. The van der Waals surface area contributed by atoms with Crippen LogP contribution in [0.1, 0.15) is 0 Å². The van der Waals surface area contributed by atoms with Crippen LogP contribution >= 0.6 is 0 Å². The maximum atomic E-state index is 10.5. The third-order valence-corrected chi connectivity index (χ3v) is 0.896. The van der Waals surface area contributed by atoms with E-state index in [1.165, 1.54) is 0 Å². The molecule has 0 bridgehead atoms. The van der Waals surface area contributed by atoms with Gasteiger partial charge in [-0.2, -0.15) is 0 Å². The summed E-state index contributed by atoms with van der Waals surface area (Å²) in [6.07, 6.45) is 2.25. The first-order chi connectivity index (χ1) is 6.20. The summed E-state index contributed by atoms with van der Waals surface area (Å²) in [7, 11) is 1.00. The highest BCUT2D eigenvalue weighted by atomic mass is 16.2. The highest BCUT2D eigenvalue weighted by molar-refractivity contribution is 5.89. The summed E-state index contributed by atoms with van der Waals surface area (Å²) in [6.45, 7) is 6.56. The molecular formula is C8H14N2O3. The summed E-state index contributed by atoms with van der Waals surface area (Å²) >= 11 is 0. The number of aliphatic hydroxyl groups is 1. The minimum Gasteiger partial charge on any atom is -0.400 e. The van der Waals surface area contributed by atoms with E-state index in [0.717, 1.165) is 19.3 Å². The number of nitrogens with one attached hydrogen (secondary N) is 2. The lowest BCUT2D eigenvalue weighted by Crippen LogP contribution is -2.35. The molecule has 3 N–H and O–H groups in total. The normalized spacial score (nSPS) is 7.23. The summed E-state index contributed by atoms with van der Waals surface area (Å²) < 4.78 is 0. The van der Waals surface area contributed by atoms with Crippen LogP contribution in [-0.2, 0) is 9.59 Å². The lowest BCUT2D eigenvalue weighted by atomic mass is 10.5. The molecule has 0 aromatic carbocycles. The van der Waals surface area contributed by atoms with E-state index >= 15 is 0 Å². The highest BCUT2D eigenvalue weighted by Crippen LogP contribution is 1.65. The van der Waals surface area contributed by atoms with Gasteiger partial charge in [-0.25, -0.2) is 0 Å². The molecule has 74 valence electrons. The van der Waals surface area contributed by atoms with Crippen molar-refractivity contribution in [2.75, 3.05) is 13.8 Å². The quantitative estimate of drug-likeness (QED) is 0.395. The summed E-state index contributed by atoms with van der Waals surface area (Å²) in [5, 5.41) is 11.7. The van der Waals surface area contributed by atoms with Crippen molar-refractivity contribution in [1.82, 2.24) is 10.6 Å². The van der Waals surface area contributed by atoms with Crippen molar-refractivity contribution in [3.8, 4) is 0 Å². The largest absolute Gasteiger partial charge is 0.400 e. The molecule has 0 rings (SSSR count). The molecular weight excluding hydrogens is 172 g/mol. The van der Waals surface area contributed by atoms with Gasteiger partial charge in [-0.15, -0.1) is 0 Å². The summed E-state index contributed by atoms with van der Waals surface area (Å²) in [6, 6.07) is 0. The van der Waals surface area contributed by atoms with Gasteiger partial charge in [-0.05, 0) is 12.2 Å². The average molecular weight is 186 g/mol. The first-order valence-electron chi connectivity index (χ1n) is 3.46. The molecule has 13 heavy (non-hydrogen) atoms. The molecule has 0 heterocycles. The molecule has 0 aromatic rings. The predicted octanol–water partition coefficient (Wildman–Crippen LogP) is -0.843. The van der Waals surface area contributed by atoms with Gasteiger partial charge in [0.15, 0.2) is 0 Å². The van der Waals surface area contributed by atoms with Crippen LogP contribution in [0.2, 0.25) is 0 Å². The van der Waals surface area contributed by atoms with Gasteiger partial charge in [-0.3, -0.25) is 9.59 Å². The summed E-state index contributed by atoms with van der Waals surface area (Å²) in [5.41, 5.74) is 0. The lowest BCUT2D eigenvalue weighted by Gasteiger charge is -2.01. The van der Waals surface area contributed by atoms with E-state index < -0.39 is 0 Å². The molecule has 0 aliphatic heterocycles. The van der Waals surface area contributed by atoms with Crippen molar-refractivity contribution in [1.29, 1.82) is 0 Å². The smallest absolute Gasteiger partial charge is 0.244 e. The lowest BCUT2D eigenvalue weighted by molar-refractivity contribution is -0.118. The second-order valence-electron chi connectivity index (χ2n) is 1.67. The van der Waals surface area contributed by atoms with Crippen LogP contribution in [-0.4, -0.2) is 30.7 Å². The molecule has 5 nitrogen and oxygen atoms in total. The zero-order valence-electron chi connectivity index (χ0n) is 7.54. The van der Waals surface area contributed by atoms with E-state index in [1.54, 1.807) is 0 Å². The second-order valence-corrected chi connectivity index (χ2v) is 1.67. The van der Waals surface area contributed by atoms with Crippen LogP contribution in [0.4, 0.5) is 0 Å². The SMILES string of the molecule is C=CC(=O)NCNC(=O)C=C.CO. The van der Waals surface area contributed by atoms with Gasteiger partial charge in [-0.1, -0.05) is 13.2 Å². The summed E-state index contributed by atoms with van der Waals surface area (Å²) in [5.74, 6) is -0.649. The van der Waals surface area contributed by atoms with E-state index in [-0.39, 0.29) is 18.5 Å². The first kappa shape index (κ1) is 13.9. The number of hydrogen-bond donors (Lipinski definition) is 3. The van der Waals surface area contributed by atoms with Gasteiger partial charge in [0.2, 0.25) is 11.8 Å². The molecule has 0 saturated heterocycles. The van der Waals surface area contributed by atoms with Crippen molar-refractivity contribution in [2.45, 2.75) is 0 Å². The minimum absolute atomic E-state index is 0.0930. The van der Waals surface area contributed by atoms with Gasteiger partial charge in [0.25, 0.3) is 0 Å². The minimum atomic E-state index is -0.325. The standard InChI is InChI=1S/C7H10N2O2.CH4O/c1-3-6(10)8-5-9-7(11)4-2;1-2/h3-4H,1-2,5H2,(H,8,10)(H,9,11);2H,1H3. The molecule has 5 heteroatoms. The average Bonchev–Trinajstić information content (AvgIpc) is 2.20. The van der Waals surface area contributed by atoms with Gasteiger partial charge < -0.3 is 15.7 Å². The zero-order valence-corrected chi connectivity index (χ0v) is 7.54. The van der Waals surface area contributed by atoms with Gasteiger partial charge in [0.1, 0.15) is 0 Å². The Kier molecular flexibility index (Phi) is 11.1. The van der Waals surface area contributed by atoms with Crippen LogP contribution in [0.3, 0.4) is 0 Å². The van der Waals surface area contributed by atoms with E-state index in [0.29, 0.717) is 0 Å². The predicted molar refractivity (Wildman–Crippen MR) is 49.7 cm³/mol. The van der Waals surface area contributed by atoms with Crippen LogP contribution in [0.5, 0.6) is 0 Å². The van der Waals surface area contributed by atoms with Crippen molar-refractivity contribution < 1.29 is 14.7 Å². The molecule has 2 amide bonds. The third-order valence-electron chi connectivity index (χ3n) is 0.896. The number of amides is 2. The number of rotatable bonds is 4. The number of carbonyl (C=O) groups excluding carboxylic acids is 2. The Bertz CT molecular complexity index is 170. The third kappa shape index (κ3) is 10.4. The van der Waals surface area contributed by atoms with E-state index in [4.69, 9.17) is 5.11 Å². The molecule has 0 radical (unpaired) electrons. The van der Waals surface area contributed by atoms with Gasteiger partial charge in [0, 0.05) is 7.11 Å². The molecule has 0 atom stereocenters. The Hall–Kier alpha value is -1.62. The molecule has 0 unspecified atom stereocenters. The number of aliphatic hydroxyl groups excluding tert-OH is 1. The fraction of sp³-hybridized carbons (Fsp3) is 0.250. The van der Waals surface area contributed by atoms with E-state index in [2.05, 4.69) is 23.8 Å². The van der Waals surface area contributed by atoms with Crippen LogP contribution < -0.4 is 10.6 Å². The molecule has 0 spiro atoms. The van der Waals surface area contributed by atoms with E-state index in [9.17, 15) is 9.59 Å². The number of carbonyl (C=O) groups is 2. The van der Waals surface area contributed by atoms with Crippen molar-refractivity contribution >= 4 is 11.8 Å². The molecule has 0 saturated carbocycles. The van der Waals surface area contributed by atoms with Crippen molar-refractivity contribution in [2.24, 2.45) is 0 Å². The van der Waals surface area contributed by atoms with Crippen LogP contribution in [0.25, 0.3) is 0 Å². The molecule has 0 aromatic heterocycles. The van der Waals surface area contributed by atoms with Crippen molar-refractivity contribution in [3.05, 3.63) is 25.3 Å². The Balaban J connectivity index is 0. The first-order valence-corrected chi connectivity index (χ1v) is 3.46. The maximum absolute atomic E-state index is 10.5. The second kappa shape index (κ2) is 10.4. The monoisotopic (exact) mass is 186 g/mol. The maximum Gasteiger partial charge on any atom is 0.244 e. The van der Waals surface area contributed by atoms with Gasteiger partial charge in [0.05, 0.1) is 6.67 Å². The van der Waals surface area contributed by atoms with Crippen LogP contribution in [0.15, 0.2) is 25.3 Å². The Morgan fingerprint density at radius 1 is 1.15 bits per heavy atom. The van der Waals surface area contributed by atoms with E-state index in [1.807, 2.05) is 0 Å². The van der Waals surface area contributed by atoms with Gasteiger partial charge >= 0.3 is 0 Å². The zero-order chi connectivity index (χ0) is 10.7. The molecule has 0 fully saturated rings. The topological polar surface area (TPSA) is 78.4 Å². The Labute approximate surface area is 77.1 Å².